The summed E-state index contributed by atoms with van der Waals surface area (Å²) in [6.07, 6.45) is 7.58. The lowest BCUT2D eigenvalue weighted by Gasteiger charge is -2.37. The van der Waals surface area contributed by atoms with Crippen molar-refractivity contribution in [2.75, 3.05) is 65.7 Å². The minimum absolute atomic E-state index is 0.00465. The van der Waals surface area contributed by atoms with Crippen LogP contribution in [0.2, 0.25) is 0 Å². The molecule has 218 valence electrons. The van der Waals surface area contributed by atoms with Crippen LogP contribution in [0.25, 0.3) is 0 Å². The number of morpholine rings is 1. The Bertz CT molecular complexity index is 923. The molecule has 4 saturated heterocycles. The highest BCUT2D eigenvalue weighted by atomic mass is 16.6. The summed E-state index contributed by atoms with van der Waals surface area (Å²) in [7, 11) is 0. The first kappa shape index (κ1) is 29.7. The molecule has 1 N–H and O–H groups in total. The molecular formula is C29H45N3O7. The topological polar surface area (TPSA) is 109 Å². The molecular weight excluding hydrogens is 502 g/mol. The van der Waals surface area contributed by atoms with E-state index in [-0.39, 0.29) is 31.6 Å². The van der Waals surface area contributed by atoms with Gasteiger partial charge in [-0.05, 0) is 38.5 Å². The number of allylic oxidation sites excluding steroid dienone is 1. The van der Waals surface area contributed by atoms with E-state index in [0.29, 0.717) is 58.5 Å². The number of esters is 1. The van der Waals surface area contributed by atoms with Gasteiger partial charge in [-0.25, -0.2) is 0 Å². The van der Waals surface area contributed by atoms with Crippen LogP contribution in [0.15, 0.2) is 25.3 Å². The van der Waals surface area contributed by atoms with Crippen molar-refractivity contribution in [2.45, 2.75) is 62.7 Å². The van der Waals surface area contributed by atoms with Gasteiger partial charge < -0.3 is 29.1 Å². The number of hydrogen-bond acceptors (Lipinski definition) is 8. The molecule has 0 aromatic heterocycles. The number of aliphatic hydroxyl groups excluding tert-OH is 1. The summed E-state index contributed by atoms with van der Waals surface area (Å²) in [5.41, 5.74) is -1.95. The molecule has 2 unspecified atom stereocenters. The van der Waals surface area contributed by atoms with Crippen LogP contribution >= 0.6 is 0 Å². The Balaban J connectivity index is 1.59. The quantitative estimate of drug-likeness (QED) is 0.186. The predicted molar refractivity (Wildman–Crippen MR) is 145 cm³/mol. The standard InChI is InChI=1S/C29H45N3O7/c1-4-7-8-9-19-38-27(36)23-22-25(34)32(15-18-33)24(29(22)11-10-28(23,6-3)39-29)26(35)31(12-5-2)14-13-30-16-20-37-21-17-30/h4-5,22-24,33H,1-2,6-21H2,3H3/t22-,23+,24?,28-,29?/m0/s1. The molecule has 4 heterocycles. The lowest BCUT2D eigenvalue weighted by atomic mass is 9.65. The number of β-amino-alcohol motifs (C(OH)–C–C–N with tert-alkyl or cyclic N) is 1. The summed E-state index contributed by atoms with van der Waals surface area (Å²) in [6.45, 7) is 13.9. The number of aliphatic hydroxyl groups is 1. The van der Waals surface area contributed by atoms with Crippen LogP contribution in [0.3, 0.4) is 0 Å². The fourth-order valence-electron chi connectivity index (χ4n) is 7.06. The number of ether oxygens (including phenoxy) is 3. The Kier molecular flexibility index (Phi) is 9.85. The van der Waals surface area contributed by atoms with Crippen molar-refractivity contribution in [3.05, 3.63) is 25.3 Å². The van der Waals surface area contributed by atoms with Crippen molar-refractivity contribution in [2.24, 2.45) is 11.8 Å². The third kappa shape index (κ3) is 5.53. The van der Waals surface area contributed by atoms with E-state index in [1.807, 2.05) is 13.0 Å². The third-order valence-corrected chi connectivity index (χ3v) is 9.01. The second-order valence-corrected chi connectivity index (χ2v) is 11.1. The Hall–Kier alpha value is -2.27. The molecule has 0 saturated carbocycles. The van der Waals surface area contributed by atoms with E-state index in [0.717, 1.165) is 25.9 Å². The number of likely N-dealkylation sites (tertiary alicyclic amines) is 1. The smallest absolute Gasteiger partial charge is 0.312 e. The van der Waals surface area contributed by atoms with E-state index in [4.69, 9.17) is 14.2 Å². The minimum atomic E-state index is -1.12. The molecule has 4 aliphatic rings. The van der Waals surface area contributed by atoms with Gasteiger partial charge in [-0.3, -0.25) is 19.3 Å². The van der Waals surface area contributed by atoms with Crippen LogP contribution in [-0.2, 0) is 28.6 Å². The normalized spacial score (nSPS) is 31.8. The van der Waals surface area contributed by atoms with Crippen LogP contribution in [0.5, 0.6) is 0 Å². The maximum atomic E-state index is 14.3. The zero-order valence-corrected chi connectivity index (χ0v) is 23.4. The molecule has 2 bridgehead atoms. The van der Waals surface area contributed by atoms with Crippen LogP contribution in [-0.4, -0.2) is 121 Å². The van der Waals surface area contributed by atoms with Crippen molar-refractivity contribution in [3.8, 4) is 0 Å². The predicted octanol–water partition coefficient (Wildman–Crippen LogP) is 1.38. The van der Waals surface area contributed by atoms with E-state index < -0.39 is 35.0 Å². The zero-order valence-electron chi connectivity index (χ0n) is 23.4. The van der Waals surface area contributed by atoms with E-state index in [2.05, 4.69) is 18.1 Å². The zero-order chi connectivity index (χ0) is 28.0. The molecule has 5 atom stereocenters. The fourth-order valence-corrected chi connectivity index (χ4v) is 7.06. The van der Waals surface area contributed by atoms with Crippen molar-refractivity contribution >= 4 is 17.8 Å². The average molecular weight is 548 g/mol. The molecule has 2 amide bonds. The van der Waals surface area contributed by atoms with Gasteiger partial charge in [0, 0.05) is 39.3 Å². The van der Waals surface area contributed by atoms with Crippen molar-refractivity contribution in [3.63, 3.8) is 0 Å². The van der Waals surface area contributed by atoms with Crippen molar-refractivity contribution in [1.82, 2.24) is 14.7 Å². The van der Waals surface area contributed by atoms with Crippen molar-refractivity contribution < 1.29 is 33.7 Å². The van der Waals surface area contributed by atoms with Gasteiger partial charge in [0.1, 0.15) is 17.6 Å². The number of rotatable bonds is 15. The SMILES string of the molecule is C=CCCCCOC(=O)[C@H]1[C@H]2C(=O)N(CCO)C(C(=O)N(CC=C)CCN3CCOCC3)C23CC[C@]1(CC)O3. The molecule has 4 rings (SSSR count). The molecule has 10 heteroatoms. The average Bonchev–Trinajstić information content (AvgIpc) is 3.55. The molecule has 0 aromatic carbocycles. The first-order valence-electron chi connectivity index (χ1n) is 14.5. The molecule has 1 spiro atoms. The molecule has 4 fully saturated rings. The van der Waals surface area contributed by atoms with Gasteiger partial charge in [0.05, 0.1) is 37.9 Å². The lowest BCUT2D eigenvalue weighted by molar-refractivity contribution is -0.162. The van der Waals surface area contributed by atoms with Crippen LogP contribution in [0.4, 0.5) is 0 Å². The van der Waals surface area contributed by atoms with E-state index in [9.17, 15) is 19.5 Å². The lowest BCUT2D eigenvalue weighted by Crippen LogP contribution is -2.57. The Morgan fingerprint density at radius 2 is 1.95 bits per heavy atom. The number of unbranched alkanes of at least 4 members (excludes halogenated alkanes) is 2. The number of nitrogens with zero attached hydrogens (tertiary/aromatic N) is 3. The molecule has 4 aliphatic heterocycles. The number of carbonyl (C=O) groups excluding carboxylic acids is 3. The minimum Gasteiger partial charge on any atom is -0.465 e. The largest absolute Gasteiger partial charge is 0.465 e. The van der Waals surface area contributed by atoms with Crippen LogP contribution in [0, 0.1) is 11.8 Å². The van der Waals surface area contributed by atoms with E-state index in [1.165, 1.54) is 4.90 Å². The molecule has 39 heavy (non-hydrogen) atoms. The highest BCUT2D eigenvalue weighted by Gasteiger charge is 2.79. The Labute approximate surface area is 231 Å². The summed E-state index contributed by atoms with van der Waals surface area (Å²) in [4.78, 5) is 47.1. The number of fused-ring (bicyclic) bond motifs is 1. The first-order valence-corrected chi connectivity index (χ1v) is 14.5. The van der Waals surface area contributed by atoms with Crippen LogP contribution in [0.1, 0.15) is 45.4 Å². The highest BCUT2D eigenvalue weighted by molar-refractivity contribution is 5.98. The monoisotopic (exact) mass is 547 g/mol. The summed E-state index contributed by atoms with van der Waals surface area (Å²) in [5, 5.41) is 9.86. The molecule has 10 nitrogen and oxygen atoms in total. The number of amides is 2. The molecule has 0 radical (unpaired) electrons. The summed E-state index contributed by atoms with van der Waals surface area (Å²) < 4.78 is 17.9. The maximum absolute atomic E-state index is 14.3. The van der Waals surface area contributed by atoms with Gasteiger partial charge in [-0.15, -0.1) is 13.2 Å². The second-order valence-electron chi connectivity index (χ2n) is 11.1. The van der Waals surface area contributed by atoms with Crippen LogP contribution < -0.4 is 0 Å². The fraction of sp³-hybridized carbons (Fsp3) is 0.759. The molecule has 0 aliphatic carbocycles. The van der Waals surface area contributed by atoms with E-state index >= 15 is 0 Å². The summed E-state index contributed by atoms with van der Waals surface area (Å²) >= 11 is 0. The number of carbonyl (C=O) groups is 3. The van der Waals surface area contributed by atoms with Gasteiger partial charge >= 0.3 is 5.97 Å². The van der Waals surface area contributed by atoms with Gasteiger partial charge in [-0.2, -0.15) is 0 Å². The summed E-state index contributed by atoms with van der Waals surface area (Å²) in [6, 6.07) is -0.911. The van der Waals surface area contributed by atoms with Gasteiger partial charge in [0.2, 0.25) is 11.8 Å². The number of hydrogen-bond donors (Lipinski definition) is 1. The van der Waals surface area contributed by atoms with Crippen molar-refractivity contribution in [1.29, 1.82) is 0 Å². The summed E-state index contributed by atoms with van der Waals surface area (Å²) in [5.74, 6) is -2.54. The third-order valence-electron chi connectivity index (χ3n) is 9.01. The van der Waals surface area contributed by atoms with Gasteiger partial charge in [-0.1, -0.05) is 19.1 Å². The molecule has 0 aromatic rings. The van der Waals surface area contributed by atoms with E-state index in [1.54, 1.807) is 11.0 Å². The maximum Gasteiger partial charge on any atom is 0.312 e. The van der Waals surface area contributed by atoms with Gasteiger partial charge in [0.25, 0.3) is 0 Å². The second kappa shape index (κ2) is 12.9. The Morgan fingerprint density at radius 1 is 1.18 bits per heavy atom. The Morgan fingerprint density at radius 3 is 2.62 bits per heavy atom. The van der Waals surface area contributed by atoms with Gasteiger partial charge in [0.15, 0.2) is 0 Å². The first-order chi connectivity index (χ1) is 18.9. The highest BCUT2D eigenvalue weighted by Crippen LogP contribution is 2.64.